The smallest absolute Gasteiger partial charge is 0.326 e. The van der Waals surface area contributed by atoms with Crippen molar-refractivity contribution in [3.8, 4) is 0 Å². The van der Waals surface area contributed by atoms with Crippen LogP contribution in [0.1, 0.15) is 17.5 Å². The van der Waals surface area contributed by atoms with Crippen LogP contribution in [0.4, 0.5) is 23.7 Å². The molecule has 3 amide bonds. The van der Waals surface area contributed by atoms with Crippen molar-refractivity contribution in [3.63, 3.8) is 0 Å². The van der Waals surface area contributed by atoms with Gasteiger partial charge >= 0.3 is 6.18 Å². The van der Waals surface area contributed by atoms with Crippen molar-refractivity contribution in [2.45, 2.75) is 12.6 Å². The van der Waals surface area contributed by atoms with Crippen LogP contribution >= 0.6 is 11.8 Å². The van der Waals surface area contributed by atoms with Gasteiger partial charge in [-0.25, -0.2) is 0 Å². The van der Waals surface area contributed by atoms with E-state index < -0.39 is 28.8 Å². The summed E-state index contributed by atoms with van der Waals surface area (Å²) in [5.74, 6) is -1.12. The van der Waals surface area contributed by atoms with Crippen molar-refractivity contribution in [3.05, 3.63) is 82.8 Å². The molecule has 31 heavy (non-hydrogen) atoms. The average molecular weight is 446 g/mol. The number of thioether (sulfide) groups is 1. The van der Waals surface area contributed by atoms with Crippen LogP contribution < -0.4 is 5.32 Å². The summed E-state index contributed by atoms with van der Waals surface area (Å²) in [7, 11) is 0. The van der Waals surface area contributed by atoms with E-state index in [2.05, 4.69) is 5.32 Å². The fourth-order valence-corrected chi connectivity index (χ4v) is 3.54. The number of alkyl halides is 3. The molecule has 1 aliphatic heterocycles. The van der Waals surface area contributed by atoms with Gasteiger partial charge in [-0.2, -0.15) is 13.2 Å². The molecule has 5 nitrogen and oxygen atoms in total. The molecule has 0 radical (unpaired) electrons. The van der Waals surface area contributed by atoms with Crippen LogP contribution in [0, 0.1) is 0 Å². The average Bonchev–Trinajstić information content (AvgIpc) is 2.99. The van der Waals surface area contributed by atoms with Crippen LogP contribution in [0.15, 0.2) is 71.7 Å². The van der Waals surface area contributed by atoms with Crippen LogP contribution in [0.5, 0.6) is 0 Å². The monoisotopic (exact) mass is 446 g/mol. The van der Waals surface area contributed by atoms with Gasteiger partial charge in [0.2, 0.25) is 5.91 Å². The maximum Gasteiger partial charge on any atom is 0.416 e. The molecule has 0 spiro atoms. The van der Waals surface area contributed by atoms with Gasteiger partial charge in [-0.15, -0.1) is 0 Å². The fourth-order valence-electron chi connectivity index (χ4n) is 2.73. The second kappa shape index (κ2) is 9.65. The lowest BCUT2D eigenvalue weighted by Gasteiger charge is -2.13. The third-order valence-corrected chi connectivity index (χ3v) is 5.17. The van der Waals surface area contributed by atoms with Gasteiger partial charge in [-0.1, -0.05) is 48.6 Å². The standard InChI is InChI=1S/C22H17F3N2O3S/c23-22(24,25)16-9-5-10-17(14-16)26-19(28)12-13-27-20(29)18(31-21(27)30)11-4-8-15-6-2-1-3-7-15/h1-11,14H,12-13H2,(H,26,28)/b8-4+,18-11-. The first-order valence-corrected chi connectivity index (χ1v) is 10.00. The molecule has 160 valence electrons. The van der Waals surface area contributed by atoms with Crippen molar-refractivity contribution in [1.82, 2.24) is 4.90 Å². The Bertz CT molecular complexity index is 1050. The highest BCUT2D eigenvalue weighted by molar-refractivity contribution is 8.18. The number of carbonyl (C=O) groups is 3. The maximum atomic E-state index is 12.8. The van der Waals surface area contributed by atoms with Crippen LogP contribution in [0.3, 0.4) is 0 Å². The zero-order valence-electron chi connectivity index (χ0n) is 16.1. The summed E-state index contributed by atoms with van der Waals surface area (Å²) >= 11 is 0.768. The van der Waals surface area contributed by atoms with Gasteiger partial charge in [0, 0.05) is 18.7 Å². The maximum absolute atomic E-state index is 12.8. The molecule has 1 aliphatic rings. The largest absolute Gasteiger partial charge is 0.416 e. The zero-order chi connectivity index (χ0) is 22.4. The summed E-state index contributed by atoms with van der Waals surface area (Å²) in [5.41, 5.74) is 0.0362. The number of amides is 3. The second-order valence-electron chi connectivity index (χ2n) is 6.50. The highest BCUT2D eigenvalue weighted by Gasteiger charge is 2.35. The number of anilines is 1. The Morgan fingerprint density at radius 3 is 2.52 bits per heavy atom. The highest BCUT2D eigenvalue weighted by Crippen LogP contribution is 2.32. The first-order chi connectivity index (χ1) is 14.7. The number of rotatable bonds is 6. The van der Waals surface area contributed by atoms with E-state index in [1.165, 1.54) is 18.2 Å². The van der Waals surface area contributed by atoms with E-state index in [0.717, 1.165) is 34.4 Å². The minimum Gasteiger partial charge on any atom is -0.326 e. The lowest BCUT2D eigenvalue weighted by molar-refractivity contribution is -0.137. The van der Waals surface area contributed by atoms with Crippen LogP contribution in [-0.4, -0.2) is 28.5 Å². The van der Waals surface area contributed by atoms with Crippen molar-refractivity contribution in [2.24, 2.45) is 0 Å². The van der Waals surface area contributed by atoms with Gasteiger partial charge in [-0.05, 0) is 41.6 Å². The number of nitrogens with one attached hydrogen (secondary N) is 1. The summed E-state index contributed by atoms with van der Waals surface area (Å²) in [4.78, 5) is 37.8. The molecule has 0 unspecified atom stereocenters. The van der Waals surface area contributed by atoms with Crippen molar-refractivity contribution < 1.29 is 27.6 Å². The predicted octanol–water partition coefficient (Wildman–Crippen LogP) is 5.33. The molecule has 0 aromatic heterocycles. The number of hydrogen-bond acceptors (Lipinski definition) is 4. The molecule has 1 N–H and O–H groups in total. The summed E-state index contributed by atoms with van der Waals surface area (Å²) in [6.45, 7) is -0.171. The van der Waals surface area contributed by atoms with E-state index in [1.807, 2.05) is 30.3 Å². The van der Waals surface area contributed by atoms with Gasteiger partial charge in [0.25, 0.3) is 11.1 Å². The minimum absolute atomic E-state index is 0.0140. The molecule has 3 rings (SSSR count). The van der Waals surface area contributed by atoms with Crippen molar-refractivity contribution in [1.29, 1.82) is 0 Å². The number of hydrogen-bond donors (Lipinski definition) is 1. The molecule has 2 aromatic carbocycles. The quantitative estimate of drug-likeness (QED) is 0.610. The van der Waals surface area contributed by atoms with Gasteiger partial charge in [0.05, 0.1) is 10.5 Å². The lowest BCUT2D eigenvalue weighted by Crippen LogP contribution is -2.31. The molecule has 9 heteroatoms. The van der Waals surface area contributed by atoms with Crippen LogP contribution in [-0.2, 0) is 15.8 Å². The number of nitrogens with zero attached hydrogens (tertiary/aromatic N) is 1. The predicted molar refractivity (Wildman–Crippen MR) is 113 cm³/mol. The summed E-state index contributed by atoms with van der Waals surface area (Å²) in [5, 5.41) is 1.85. The molecule has 1 heterocycles. The Hall–Kier alpha value is -3.33. The Morgan fingerprint density at radius 1 is 1.06 bits per heavy atom. The number of allylic oxidation sites excluding steroid dienone is 2. The minimum atomic E-state index is -4.52. The topological polar surface area (TPSA) is 66.5 Å². The van der Waals surface area contributed by atoms with Gasteiger partial charge in [0.15, 0.2) is 0 Å². The van der Waals surface area contributed by atoms with Gasteiger partial charge < -0.3 is 5.32 Å². The zero-order valence-corrected chi connectivity index (χ0v) is 16.9. The Labute approximate surface area is 180 Å². The van der Waals surface area contributed by atoms with Crippen LogP contribution in [0.25, 0.3) is 6.08 Å². The lowest BCUT2D eigenvalue weighted by atomic mass is 10.2. The number of halogens is 3. The third kappa shape index (κ3) is 6.08. The van der Waals surface area contributed by atoms with E-state index in [-0.39, 0.29) is 23.6 Å². The Kier molecular flexibility index (Phi) is 6.96. The first kappa shape index (κ1) is 22.4. The molecule has 0 bridgehead atoms. The van der Waals surface area contributed by atoms with E-state index >= 15 is 0 Å². The molecular weight excluding hydrogens is 429 g/mol. The first-order valence-electron chi connectivity index (χ1n) is 9.18. The normalized spacial score (nSPS) is 15.8. The Balaban J connectivity index is 1.56. The number of imide groups is 1. The summed E-state index contributed by atoms with van der Waals surface area (Å²) in [6.07, 6.45) is 0.218. The van der Waals surface area contributed by atoms with Crippen LogP contribution in [0.2, 0.25) is 0 Å². The molecule has 0 atom stereocenters. The van der Waals surface area contributed by atoms with E-state index in [1.54, 1.807) is 12.2 Å². The summed E-state index contributed by atoms with van der Waals surface area (Å²) in [6, 6.07) is 13.6. The van der Waals surface area contributed by atoms with E-state index in [0.29, 0.717) is 0 Å². The van der Waals surface area contributed by atoms with E-state index in [4.69, 9.17) is 0 Å². The molecule has 0 saturated carbocycles. The van der Waals surface area contributed by atoms with E-state index in [9.17, 15) is 27.6 Å². The number of carbonyl (C=O) groups excluding carboxylic acids is 3. The number of benzene rings is 2. The van der Waals surface area contributed by atoms with Crippen molar-refractivity contribution >= 4 is 40.6 Å². The van der Waals surface area contributed by atoms with Gasteiger partial charge in [-0.3, -0.25) is 19.3 Å². The SMILES string of the molecule is O=C(CCN1C(=O)S/C(=C\C=C\c2ccccc2)C1=O)Nc1cccc(C(F)(F)F)c1. The Morgan fingerprint density at radius 2 is 1.81 bits per heavy atom. The molecule has 1 saturated heterocycles. The highest BCUT2D eigenvalue weighted by atomic mass is 32.2. The molecule has 1 fully saturated rings. The third-order valence-electron chi connectivity index (χ3n) is 4.25. The molecule has 2 aromatic rings. The molecular formula is C22H17F3N2O3S. The van der Waals surface area contributed by atoms with Crippen molar-refractivity contribution in [2.75, 3.05) is 11.9 Å². The second-order valence-corrected chi connectivity index (χ2v) is 7.50. The fraction of sp³-hybridized carbons (Fsp3) is 0.136. The van der Waals surface area contributed by atoms with Gasteiger partial charge in [0.1, 0.15) is 0 Å². The molecule has 0 aliphatic carbocycles. The summed E-state index contributed by atoms with van der Waals surface area (Å²) < 4.78 is 38.3.